The van der Waals surface area contributed by atoms with Crippen LogP contribution in [0.15, 0.2) is 24.3 Å². The molecule has 0 bridgehead atoms. The van der Waals surface area contributed by atoms with Gasteiger partial charge in [-0.05, 0) is 38.8 Å². The number of carbonyl (C=O) groups excluding carboxylic acids is 2. The number of benzene rings is 1. The minimum atomic E-state index is -0.00940. The van der Waals surface area contributed by atoms with Crippen molar-refractivity contribution in [3.63, 3.8) is 0 Å². The van der Waals surface area contributed by atoms with Crippen LogP contribution in [0.25, 0.3) is 10.2 Å². The number of piperidine rings is 1. The lowest BCUT2D eigenvalue weighted by molar-refractivity contribution is -0.863. The predicted octanol–water partition coefficient (Wildman–Crippen LogP) is 1.04. The van der Waals surface area contributed by atoms with Gasteiger partial charge in [-0.1, -0.05) is 12.1 Å². The molecule has 0 saturated carbocycles. The number of hydrogen-bond acceptors (Lipinski definition) is 4. The van der Waals surface area contributed by atoms with E-state index in [1.54, 1.807) is 11.3 Å². The molecule has 6 nitrogen and oxygen atoms in total. The predicted molar refractivity (Wildman–Crippen MR) is 108 cm³/mol. The summed E-state index contributed by atoms with van der Waals surface area (Å²) in [6.07, 6.45) is 1.91. The topological polar surface area (TPSA) is 66.7 Å². The van der Waals surface area contributed by atoms with E-state index in [1.165, 1.54) is 9.71 Å². The molecule has 1 aliphatic heterocycles. The van der Waals surface area contributed by atoms with Crippen LogP contribution in [-0.4, -0.2) is 61.0 Å². The normalized spacial score (nSPS) is 16.7. The third-order valence-electron chi connectivity index (χ3n) is 4.87. The molecule has 0 aliphatic carbocycles. The number of quaternary nitrogens is 1. The molecule has 1 fully saturated rings. The first-order valence-electron chi connectivity index (χ1n) is 9.66. The van der Waals surface area contributed by atoms with Crippen molar-refractivity contribution in [2.24, 2.45) is 0 Å². The SMILES string of the molecule is CC(C)NC(=O)C[NH+](C)CC(=O)N1CCC(c2nc3ccccc3s2)CC1. The van der Waals surface area contributed by atoms with Crippen molar-refractivity contribution in [3.8, 4) is 0 Å². The molecule has 1 aliphatic rings. The quantitative estimate of drug-likeness (QED) is 0.776. The minimum absolute atomic E-state index is 0.00940. The van der Waals surface area contributed by atoms with Crippen LogP contribution in [0.5, 0.6) is 0 Å². The number of thiazole rings is 1. The first-order chi connectivity index (χ1) is 12.9. The Kier molecular flexibility index (Phi) is 6.44. The van der Waals surface area contributed by atoms with Crippen LogP contribution in [-0.2, 0) is 9.59 Å². The summed E-state index contributed by atoms with van der Waals surface area (Å²) in [4.78, 5) is 32.0. The van der Waals surface area contributed by atoms with Crippen molar-refractivity contribution < 1.29 is 14.5 Å². The molecule has 3 rings (SSSR count). The number of fused-ring (bicyclic) bond motifs is 1. The average molecular weight is 390 g/mol. The van der Waals surface area contributed by atoms with Crippen molar-refractivity contribution in [1.29, 1.82) is 0 Å². The van der Waals surface area contributed by atoms with Gasteiger partial charge in [0.25, 0.3) is 11.8 Å². The van der Waals surface area contributed by atoms with Gasteiger partial charge in [-0.3, -0.25) is 9.59 Å². The number of para-hydroxylation sites is 1. The Hall–Kier alpha value is -1.99. The van der Waals surface area contributed by atoms with Crippen LogP contribution in [0.2, 0.25) is 0 Å². The molecular formula is C20H29N4O2S+. The molecule has 1 aromatic heterocycles. The van der Waals surface area contributed by atoms with Gasteiger partial charge < -0.3 is 15.1 Å². The lowest BCUT2D eigenvalue weighted by atomic mass is 9.97. The highest BCUT2D eigenvalue weighted by Crippen LogP contribution is 2.33. The summed E-state index contributed by atoms with van der Waals surface area (Å²) in [6.45, 7) is 6.10. The Morgan fingerprint density at radius 3 is 2.63 bits per heavy atom. The number of amides is 2. The molecule has 0 spiro atoms. The first kappa shape index (κ1) is 19.8. The molecule has 2 aromatic rings. The Morgan fingerprint density at radius 1 is 1.26 bits per heavy atom. The lowest BCUT2D eigenvalue weighted by Crippen LogP contribution is -3.11. The van der Waals surface area contributed by atoms with E-state index in [1.807, 2.05) is 37.9 Å². The second kappa shape index (κ2) is 8.80. The highest BCUT2D eigenvalue weighted by molar-refractivity contribution is 7.18. The monoisotopic (exact) mass is 389 g/mol. The number of nitrogens with one attached hydrogen (secondary N) is 2. The van der Waals surface area contributed by atoms with Crippen molar-refractivity contribution in [2.45, 2.75) is 38.6 Å². The van der Waals surface area contributed by atoms with Crippen molar-refractivity contribution >= 4 is 33.4 Å². The molecular weight excluding hydrogens is 360 g/mol. The Morgan fingerprint density at radius 2 is 1.96 bits per heavy atom. The molecule has 1 aromatic carbocycles. The largest absolute Gasteiger partial charge is 0.349 e. The van der Waals surface area contributed by atoms with E-state index in [0.717, 1.165) is 36.3 Å². The van der Waals surface area contributed by atoms with Crippen LogP contribution in [0, 0.1) is 0 Å². The second-order valence-electron chi connectivity index (χ2n) is 7.71. The Labute approximate surface area is 164 Å². The van der Waals surface area contributed by atoms with Crippen LogP contribution < -0.4 is 10.2 Å². The zero-order valence-corrected chi connectivity index (χ0v) is 17.1. The number of rotatable bonds is 6. The van der Waals surface area contributed by atoms with E-state index in [9.17, 15) is 9.59 Å². The molecule has 7 heteroatoms. The molecule has 146 valence electrons. The lowest BCUT2D eigenvalue weighted by Gasteiger charge is -2.31. The van der Waals surface area contributed by atoms with Gasteiger partial charge in [-0.25, -0.2) is 4.98 Å². The van der Waals surface area contributed by atoms with Gasteiger partial charge in [0.2, 0.25) is 0 Å². The number of hydrogen-bond donors (Lipinski definition) is 2. The van der Waals surface area contributed by atoms with Gasteiger partial charge in [0.1, 0.15) is 0 Å². The Bertz CT molecular complexity index is 763. The zero-order chi connectivity index (χ0) is 19.4. The molecule has 0 radical (unpaired) electrons. The average Bonchev–Trinajstić information content (AvgIpc) is 3.05. The number of nitrogens with zero attached hydrogens (tertiary/aromatic N) is 2. The van der Waals surface area contributed by atoms with Crippen LogP contribution in [0.3, 0.4) is 0 Å². The number of aromatic nitrogens is 1. The number of likely N-dealkylation sites (N-methyl/N-ethyl adjacent to an activating group) is 1. The van der Waals surface area contributed by atoms with E-state index in [2.05, 4.69) is 17.4 Å². The van der Waals surface area contributed by atoms with Crippen LogP contribution in [0.4, 0.5) is 0 Å². The fourth-order valence-electron chi connectivity index (χ4n) is 3.52. The maximum Gasteiger partial charge on any atom is 0.277 e. The molecule has 1 unspecified atom stereocenters. The Balaban J connectivity index is 1.48. The summed E-state index contributed by atoms with van der Waals surface area (Å²) < 4.78 is 1.23. The molecule has 2 N–H and O–H groups in total. The minimum Gasteiger partial charge on any atom is -0.349 e. The summed E-state index contributed by atoms with van der Waals surface area (Å²) in [5, 5.41) is 4.06. The standard InChI is InChI=1S/C20H28N4O2S/c1-14(2)21-18(25)12-23(3)13-19(26)24-10-8-15(9-11-24)20-22-16-6-4-5-7-17(16)27-20/h4-7,14-15H,8-13H2,1-3H3,(H,21,25)/p+1. The zero-order valence-electron chi connectivity index (χ0n) is 16.3. The summed E-state index contributed by atoms with van der Waals surface area (Å²) in [5.74, 6) is 0.561. The summed E-state index contributed by atoms with van der Waals surface area (Å²) in [6, 6.07) is 8.37. The van der Waals surface area contributed by atoms with E-state index in [0.29, 0.717) is 19.0 Å². The van der Waals surface area contributed by atoms with Gasteiger partial charge in [-0.2, -0.15) is 0 Å². The molecule has 2 amide bonds. The smallest absolute Gasteiger partial charge is 0.277 e. The highest BCUT2D eigenvalue weighted by Gasteiger charge is 2.27. The van der Waals surface area contributed by atoms with Crippen molar-refractivity contribution in [1.82, 2.24) is 15.2 Å². The third kappa shape index (κ3) is 5.26. The van der Waals surface area contributed by atoms with Gasteiger partial charge in [0.15, 0.2) is 13.1 Å². The van der Waals surface area contributed by atoms with Crippen LogP contribution >= 0.6 is 11.3 Å². The van der Waals surface area contributed by atoms with Gasteiger partial charge in [0.05, 0.1) is 22.3 Å². The summed E-state index contributed by atoms with van der Waals surface area (Å²) in [5.41, 5.74) is 1.07. The van der Waals surface area contributed by atoms with Gasteiger partial charge in [-0.15, -0.1) is 11.3 Å². The maximum atomic E-state index is 12.6. The highest BCUT2D eigenvalue weighted by atomic mass is 32.1. The van der Waals surface area contributed by atoms with E-state index in [4.69, 9.17) is 4.98 Å². The molecule has 2 heterocycles. The van der Waals surface area contributed by atoms with Gasteiger partial charge in [0, 0.05) is 25.0 Å². The molecule has 1 atom stereocenters. The van der Waals surface area contributed by atoms with E-state index in [-0.39, 0.29) is 17.9 Å². The van der Waals surface area contributed by atoms with Gasteiger partial charge >= 0.3 is 0 Å². The summed E-state index contributed by atoms with van der Waals surface area (Å²) in [7, 11) is 1.89. The van der Waals surface area contributed by atoms with E-state index >= 15 is 0 Å². The molecule has 27 heavy (non-hydrogen) atoms. The second-order valence-corrected chi connectivity index (χ2v) is 8.77. The van der Waals surface area contributed by atoms with Crippen LogP contribution in [0.1, 0.15) is 37.6 Å². The van der Waals surface area contributed by atoms with Crippen molar-refractivity contribution in [3.05, 3.63) is 29.3 Å². The fraction of sp³-hybridized carbons (Fsp3) is 0.550. The number of carbonyl (C=O) groups is 2. The first-order valence-corrected chi connectivity index (χ1v) is 10.5. The molecule has 1 saturated heterocycles. The van der Waals surface area contributed by atoms with E-state index < -0.39 is 0 Å². The maximum absolute atomic E-state index is 12.6. The third-order valence-corrected chi connectivity index (χ3v) is 6.07. The fourth-order valence-corrected chi connectivity index (χ4v) is 4.66. The summed E-state index contributed by atoms with van der Waals surface area (Å²) >= 11 is 1.77. The number of likely N-dealkylation sites (tertiary alicyclic amines) is 1. The van der Waals surface area contributed by atoms with Crippen molar-refractivity contribution in [2.75, 3.05) is 33.2 Å².